The van der Waals surface area contributed by atoms with E-state index in [0.29, 0.717) is 6.29 Å². The Morgan fingerprint density at radius 3 is 1.90 bits per heavy atom. The van der Waals surface area contributed by atoms with E-state index in [4.69, 9.17) is 9.47 Å². The second-order valence-corrected chi connectivity index (χ2v) is 8.04. The lowest BCUT2D eigenvalue weighted by Crippen LogP contribution is -2.30. The first-order valence-corrected chi connectivity index (χ1v) is 11.4. The van der Waals surface area contributed by atoms with Crippen LogP contribution in [0.1, 0.15) is 96.8 Å². The Morgan fingerprint density at radius 1 is 0.967 bits per heavy atom. The molecule has 172 valence electrons. The van der Waals surface area contributed by atoms with Crippen molar-refractivity contribution in [2.75, 3.05) is 6.61 Å². The van der Waals surface area contributed by atoms with E-state index in [2.05, 4.69) is 6.92 Å². The summed E-state index contributed by atoms with van der Waals surface area (Å²) in [6.07, 6.45) is 15.3. The highest BCUT2D eigenvalue weighted by Crippen LogP contribution is 2.24. The molecule has 0 fully saturated rings. The molecule has 1 rings (SSSR count). The largest absolute Gasteiger partial charge is 0.505 e. The number of rotatable bonds is 18. The van der Waals surface area contributed by atoms with Gasteiger partial charge >= 0.3 is 11.9 Å². The average Bonchev–Trinajstić information content (AvgIpc) is 2.99. The summed E-state index contributed by atoms with van der Waals surface area (Å²) in [5, 5.41) is 18.9. The number of carbonyl (C=O) groups is 3. The number of aliphatic hydroxyl groups excluding tert-OH is 2. The number of unbranched alkanes of at least 4 members (excludes halogenated alkanes) is 12. The topological polar surface area (TPSA) is 110 Å². The molecule has 1 aliphatic heterocycles. The first kappa shape index (κ1) is 26.0. The third kappa shape index (κ3) is 10.1. The van der Waals surface area contributed by atoms with Crippen LogP contribution in [-0.2, 0) is 23.9 Å². The monoisotopic (exact) mass is 426 g/mol. The maximum atomic E-state index is 11.8. The molecule has 30 heavy (non-hydrogen) atoms. The van der Waals surface area contributed by atoms with Gasteiger partial charge in [-0.1, -0.05) is 84.0 Å². The molecule has 1 heterocycles. The Kier molecular flexibility index (Phi) is 13.6. The quantitative estimate of drug-likeness (QED) is 0.179. The minimum absolute atomic E-state index is 0.265. The van der Waals surface area contributed by atoms with Crippen LogP contribution < -0.4 is 0 Å². The number of hydrogen-bond donors (Lipinski definition) is 2. The van der Waals surface area contributed by atoms with Gasteiger partial charge in [0.2, 0.25) is 5.76 Å². The van der Waals surface area contributed by atoms with Crippen LogP contribution in [0.3, 0.4) is 0 Å². The van der Waals surface area contributed by atoms with Crippen molar-refractivity contribution in [2.45, 2.75) is 103 Å². The first-order chi connectivity index (χ1) is 14.5. The van der Waals surface area contributed by atoms with Gasteiger partial charge in [-0.3, -0.25) is 4.79 Å². The molecule has 0 bridgehead atoms. The average molecular weight is 427 g/mol. The lowest BCUT2D eigenvalue weighted by Gasteiger charge is -2.17. The summed E-state index contributed by atoms with van der Waals surface area (Å²) < 4.78 is 9.77. The maximum Gasteiger partial charge on any atom is 0.377 e. The van der Waals surface area contributed by atoms with Gasteiger partial charge in [-0.2, -0.15) is 0 Å². The van der Waals surface area contributed by atoms with Crippen molar-refractivity contribution in [1.82, 2.24) is 0 Å². The SMILES string of the molecule is CCCCCCCCCCCCCCCC(=O)OC[C@H](C=O)[C@H]1OC(=O)C(O)=C1O. The molecule has 0 aliphatic carbocycles. The molecule has 0 radical (unpaired) electrons. The summed E-state index contributed by atoms with van der Waals surface area (Å²) >= 11 is 0. The van der Waals surface area contributed by atoms with Crippen LogP contribution in [0.25, 0.3) is 0 Å². The molecule has 0 saturated heterocycles. The van der Waals surface area contributed by atoms with Gasteiger partial charge in [0.1, 0.15) is 12.9 Å². The van der Waals surface area contributed by atoms with Crippen LogP contribution in [0.5, 0.6) is 0 Å². The normalized spacial score (nSPS) is 17.1. The molecule has 2 N–H and O–H groups in total. The van der Waals surface area contributed by atoms with E-state index >= 15 is 0 Å². The Hall–Kier alpha value is -2.05. The summed E-state index contributed by atoms with van der Waals surface area (Å²) in [5.74, 6) is -4.19. The summed E-state index contributed by atoms with van der Waals surface area (Å²) in [5.41, 5.74) is 0. The summed E-state index contributed by atoms with van der Waals surface area (Å²) in [7, 11) is 0. The summed E-state index contributed by atoms with van der Waals surface area (Å²) in [6, 6.07) is 0. The van der Waals surface area contributed by atoms with E-state index in [1.807, 2.05) is 0 Å². The van der Waals surface area contributed by atoms with Crippen LogP contribution in [0, 0.1) is 5.92 Å². The van der Waals surface area contributed by atoms with Gasteiger partial charge in [0.15, 0.2) is 11.9 Å². The molecule has 1 aliphatic rings. The lowest BCUT2D eigenvalue weighted by atomic mass is 10.0. The van der Waals surface area contributed by atoms with E-state index in [-0.39, 0.29) is 13.0 Å². The minimum atomic E-state index is -1.31. The van der Waals surface area contributed by atoms with Gasteiger partial charge in [0.25, 0.3) is 0 Å². The zero-order valence-corrected chi connectivity index (χ0v) is 18.3. The maximum absolute atomic E-state index is 11.8. The number of aldehydes is 1. The van der Waals surface area contributed by atoms with Crippen molar-refractivity contribution in [2.24, 2.45) is 5.92 Å². The van der Waals surface area contributed by atoms with Gasteiger partial charge < -0.3 is 24.5 Å². The zero-order chi connectivity index (χ0) is 22.2. The molecule has 0 aromatic heterocycles. The van der Waals surface area contributed by atoms with Crippen molar-refractivity contribution >= 4 is 18.2 Å². The molecule has 0 aromatic carbocycles. The Bertz CT molecular complexity index is 556. The van der Waals surface area contributed by atoms with Crippen LogP contribution in [-0.4, -0.2) is 41.1 Å². The molecule has 0 amide bonds. The molecular formula is C23H38O7. The van der Waals surface area contributed by atoms with E-state index in [1.165, 1.54) is 64.2 Å². The first-order valence-electron chi connectivity index (χ1n) is 11.4. The Balaban J connectivity index is 2.00. The second-order valence-electron chi connectivity index (χ2n) is 8.04. The Labute approximate surface area is 179 Å². The van der Waals surface area contributed by atoms with Crippen molar-refractivity contribution in [3.63, 3.8) is 0 Å². The van der Waals surface area contributed by atoms with Crippen LogP contribution in [0.2, 0.25) is 0 Å². The molecule has 2 atom stereocenters. The number of ether oxygens (including phenoxy) is 2. The summed E-state index contributed by atoms with van der Waals surface area (Å²) in [4.78, 5) is 34.2. The molecule has 7 heteroatoms. The third-order valence-corrected chi connectivity index (χ3v) is 5.42. The van der Waals surface area contributed by atoms with Crippen molar-refractivity contribution < 1.29 is 34.1 Å². The molecule has 0 saturated carbocycles. The number of cyclic esters (lactones) is 1. The summed E-state index contributed by atoms with van der Waals surface area (Å²) in [6.45, 7) is 1.93. The fraction of sp³-hybridized carbons (Fsp3) is 0.783. The lowest BCUT2D eigenvalue weighted by molar-refractivity contribution is -0.150. The number of esters is 2. The van der Waals surface area contributed by atoms with E-state index in [9.17, 15) is 24.6 Å². The van der Waals surface area contributed by atoms with Gasteiger partial charge in [0, 0.05) is 6.42 Å². The van der Waals surface area contributed by atoms with Crippen molar-refractivity contribution in [3.05, 3.63) is 11.5 Å². The van der Waals surface area contributed by atoms with Gasteiger partial charge in [-0.05, 0) is 6.42 Å². The smallest absolute Gasteiger partial charge is 0.377 e. The highest BCUT2D eigenvalue weighted by molar-refractivity contribution is 5.89. The molecule has 7 nitrogen and oxygen atoms in total. The number of hydrogen-bond acceptors (Lipinski definition) is 7. The molecule has 0 spiro atoms. The Morgan fingerprint density at radius 2 is 1.47 bits per heavy atom. The van der Waals surface area contributed by atoms with E-state index < -0.39 is 35.5 Å². The molecule has 0 unspecified atom stereocenters. The zero-order valence-electron chi connectivity index (χ0n) is 18.3. The fourth-order valence-corrected chi connectivity index (χ4v) is 3.50. The van der Waals surface area contributed by atoms with Crippen LogP contribution in [0.15, 0.2) is 11.5 Å². The van der Waals surface area contributed by atoms with Crippen molar-refractivity contribution in [3.8, 4) is 0 Å². The highest BCUT2D eigenvalue weighted by atomic mass is 16.6. The minimum Gasteiger partial charge on any atom is -0.505 e. The van der Waals surface area contributed by atoms with Gasteiger partial charge in [-0.15, -0.1) is 0 Å². The number of carbonyl (C=O) groups excluding carboxylic acids is 3. The predicted molar refractivity (Wildman–Crippen MR) is 113 cm³/mol. The fourth-order valence-electron chi connectivity index (χ4n) is 3.50. The van der Waals surface area contributed by atoms with E-state index in [1.54, 1.807) is 0 Å². The molecule has 0 aromatic rings. The number of aliphatic hydroxyl groups is 2. The third-order valence-electron chi connectivity index (χ3n) is 5.42. The molecular weight excluding hydrogens is 388 g/mol. The van der Waals surface area contributed by atoms with Crippen LogP contribution >= 0.6 is 0 Å². The second kappa shape index (κ2) is 15.7. The van der Waals surface area contributed by atoms with Crippen molar-refractivity contribution in [1.29, 1.82) is 0 Å². The van der Waals surface area contributed by atoms with E-state index in [0.717, 1.165) is 19.3 Å². The highest BCUT2D eigenvalue weighted by Gasteiger charge is 2.40. The standard InChI is InChI=1S/C23H38O7/c1-2-3-4-5-6-7-8-9-10-11-12-13-14-15-19(25)29-17-18(16-24)22-20(26)21(27)23(28)30-22/h16,18,22,26-27H,2-15,17H2,1H3/t18-,22+/m0/s1. The van der Waals surface area contributed by atoms with Gasteiger partial charge in [-0.25, -0.2) is 4.79 Å². The van der Waals surface area contributed by atoms with Crippen LogP contribution in [0.4, 0.5) is 0 Å². The predicted octanol–water partition coefficient (Wildman–Crippen LogP) is 5.08. The van der Waals surface area contributed by atoms with Gasteiger partial charge in [0.05, 0.1) is 5.92 Å².